The summed E-state index contributed by atoms with van der Waals surface area (Å²) in [5.41, 5.74) is 6.36. The average Bonchev–Trinajstić information content (AvgIpc) is 3.63. The minimum Gasteiger partial charge on any atom is -0.341 e. The van der Waals surface area contributed by atoms with Crippen molar-refractivity contribution < 1.29 is 9.59 Å². The molecular weight excluding hydrogens is 452 g/mol. The highest BCUT2D eigenvalue weighted by atomic mass is 16.2. The normalized spacial score (nSPS) is 13.9. The Morgan fingerprint density at radius 1 is 1.14 bits per heavy atom. The third kappa shape index (κ3) is 4.63. The number of aromatic amines is 1. The van der Waals surface area contributed by atoms with Crippen LogP contribution in [-0.2, 0) is 6.42 Å². The molecule has 186 valence electrons. The lowest BCUT2D eigenvalue weighted by Crippen LogP contribution is -2.29. The van der Waals surface area contributed by atoms with E-state index in [2.05, 4.69) is 25.1 Å². The van der Waals surface area contributed by atoms with Gasteiger partial charge in [0.05, 0.1) is 28.6 Å². The van der Waals surface area contributed by atoms with Gasteiger partial charge >= 0.3 is 0 Å². The molecule has 8 heteroatoms. The largest absolute Gasteiger partial charge is 0.341 e. The number of fused-ring (bicyclic) bond motifs is 1. The molecule has 0 unspecified atom stereocenters. The van der Waals surface area contributed by atoms with Crippen LogP contribution in [0.1, 0.15) is 69.4 Å². The molecule has 5 rings (SSSR count). The van der Waals surface area contributed by atoms with Crippen LogP contribution in [0.2, 0.25) is 0 Å². The molecule has 2 aromatic carbocycles. The Bertz CT molecular complexity index is 1380. The molecule has 0 atom stereocenters. The molecule has 1 saturated carbocycles. The van der Waals surface area contributed by atoms with Crippen LogP contribution in [0, 0.1) is 13.8 Å². The molecule has 0 saturated heterocycles. The maximum absolute atomic E-state index is 13.8. The van der Waals surface area contributed by atoms with Gasteiger partial charge in [-0.1, -0.05) is 31.0 Å². The molecule has 0 radical (unpaired) electrons. The summed E-state index contributed by atoms with van der Waals surface area (Å²) in [6.45, 7) is 4.53. The lowest BCUT2D eigenvalue weighted by Gasteiger charge is -2.21. The number of carbonyl (C=O) groups is 2. The summed E-state index contributed by atoms with van der Waals surface area (Å²) < 4.78 is 2.16. The number of nitrogens with one attached hydrogen (secondary N) is 2. The van der Waals surface area contributed by atoms with Crippen molar-refractivity contribution in [3.8, 4) is 0 Å². The van der Waals surface area contributed by atoms with Gasteiger partial charge in [0.2, 0.25) is 0 Å². The second-order valence-corrected chi connectivity index (χ2v) is 9.69. The quantitative estimate of drug-likeness (QED) is 0.383. The Kier molecular flexibility index (Phi) is 6.59. The van der Waals surface area contributed by atoms with E-state index in [4.69, 9.17) is 0 Å². The van der Waals surface area contributed by atoms with Gasteiger partial charge in [-0.2, -0.15) is 5.10 Å². The Morgan fingerprint density at radius 2 is 1.89 bits per heavy atom. The van der Waals surface area contributed by atoms with Crippen LogP contribution < -0.4 is 5.32 Å². The van der Waals surface area contributed by atoms with Crippen molar-refractivity contribution in [2.24, 2.45) is 0 Å². The Balaban J connectivity index is 1.48. The van der Waals surface area contributed by atoms with Crippen LogP contribution >= 0.6 is 0 Å². The first-order chi connectivity index (χ1) is 17.4. The van der Waals surface area contributed by atoms with Crippen LogP contribution in [0.25, 0.3) is 11.0 Å². The van der Waals surface area contributed by atoms with Gasteiger partial charge in [-0.05, 0) is 62.9 Å². The van der Waals surface area contributed by atoms with Gasteiger partial charge in [0, 0.05) is 36.6 Å². The topological polar surface area (TPSA) is 95.9 Å². The Labute approximate surface area is 210 Å². The number of amides is 2. The highest BCUT2D eigenvalue weighted by Gasteiger charge is 2.25. The fourth-order valence-corrected chi connectivity index (χ4v) is 5.19. The van der Waals surface area contributed by atoms with Gasteiger partial charge in [0.25, 0.3) is 11.8 Å². The molecule has 2 aromatic heterocycles. The highest BCUT2D eigenvalue weighted by molar-refractivity contribution is 6.09. The molecule has 4 aromatic rings. The molecule has 1 aliphatic rings. The standard InChI is InChI=1S/C28H32N6O2/c1-18-23(19(2)32-31-18)13-14-33(3)28(36)24-15-21(30-27(35)20-9-5-4-6-10-20)16-25-26(24)34(17-29-25)22-11-7-8-12-22/h4-6,9-10,15-17,22H,7-8,11-14H2,1-3H3,(H,30,35)(H,31,32). The van der Waals surface area contributed by atoms with E-state index in [1.165, 1.54) is 12.8 Å². The van der Waals surface area contributed by atoms with E-state index in [0.717, 1.165) is 35.3 Å². The number of hydrogen-bond acceptors (Lipinski definition) is 4. The van der Waals surface area contributed by atoms with Gasteiger partial charge < -0.3 is 14.8 Å². The maximum Gasteiger partial charge on any atom is 0.255 e. The minimum atomic E-state index is -0.220. The van der Waals surface area contributed by atoms with E-state index < -0.39 is 0 Å². The van der Waals surface area contributed by atoms with Crippen molar-refractivity contribution in [1.29, 1.82) is 0 Å². The van der Waals surface area contributed by atoms with Crippen molar-refractivity contribution >= 4 is 28.5 Å². The number of nitrogens with zero attached hydrogens (tertiary/aromatic N) is 4. The Morgan fingerprint density at radius 3 is 2.58 bits per heavy atom. The molecule has 8 nitrogen and oxygen atoms in total. The molecule has 1 aliphatic carbocycles. The average molecular weight is 485 g/mol. The summed E-state index contributed by atoms with van der Waals surface area (Å²) in [6.07, 6.45) is 7.09. The molecule has 2 amide bonds. The first-order valence-corrected chi connectivity index (χ1v) is 12.5. The Hall–Kier alpha value is -3.94. The number of imidazole rings is 1. The van der Waals surface area contributed by atoms with E-state index >= 15 is 0 Å². The molecular formula is C28H32N6O2. The third-order valence-corrected chi connectivity index (χ3v) is 7.24. The number of carbonyl (C=O) groups excluding carboxylic acids is 2. The number of hydrogen-bond donors (Lipinski definition) is 2. The minimum absolute atomic E-state index is 0.0886. The zero-order chi connectivity index (χ0) is 25.2. The van der Waals surface area contributed by atoms with Gasteiger partial charge in [0.15, 0.2) is 0 Å². The first kappa shape index (κ1) is 23.8. The predicted molar refractivity (Wildman–Crippen MR) is 140 cm³/mol. The van der Waals surface area contributed by atoms with Gasteiger partial charge in [-0.3, -0.25) is 14.7 Å². The van der Waals surface area contributed by atoms with Gasteiger partial charge in [0.1, 0.15) is 0 Å². The van der Waals surface area contributed by atoms with Crippen LogP contribution in [0.3, 0.4) is 0 Å². The van der Waals surface area contributed by atoms with Crippen LogP contribution in [0.15, 0.2) is 48.8 Å². The van der Waals surface area contributed by atoms with Crippen molar-refractivity contribution in [1.82, 2.24) is 24.6 Å². The summed E-state index contributed by atoms with van der Waals surface area (Å²) in [5.74, 6) is -0.308. The number of anilines is 1. The van der Waals surface area contributed by atoms with E-state index in [-0.39, 0.29) is 11.8 Å². The third-order valence-electron chi connectivity index (χ3n) is 7.24. The fraction of sp³-hybridized carbons (Fsp3) is 0.357. The summed E-state index contributed by atoms with van der Waals surface area (Å²) in [6, 6.07) is 13.1. The molecule has 1 fully saturated rings. The molecule has 0 aliphatic heterocycles. The smallest absolute Gasteiger partial charge is 0.255 e. The number of benzene rings is 2. The monoisotopic (exact) mass is 484 g/mol. The predicted octanol–water partition coefficient (Wildman–Crippen LogP) is 5.06. The van der Waals surface area contributed by atoms with E-state index in [1.807, 2.05) is 51.5 Å². The zero-order valence-electron chi connectivity index (χ0n) is 21.0. The summed E-state index contributed by atoms with van der Waals surface area (Å²) in [5, 5.41) is 10.2. The van der Waals surface area contributed by atoms with E-state index in [0.29, 0.717) is 41.3 Å². The second kappa shape index (κ2) is 9.97. The fourth-order valence-electron chi connectivity index (χ4n) is 5.19. The van der Waals surface area contributed by atoms with E-state index in [9.17, 15) is 9.59 Å². The first-order valence-electron chi connectivity index (χ1n) is 12.5. The van der Waals surface area contributed by atoms with Crippen LogP contribution in [-0.4, -0.2) is 50.1 Å². The van der Waals surface area contributed by atoms with E-state index in [1.54, 1.807) is 23.1 Å². The van der Waals surface area contributed by atoms with Crippen LogP contribution in [0.4, 0.5) is 5.69 Å². The summed E-state index contributed by atoms with van der Waals surface area (Å²) in [4.78, 5) is 33.0. The van der Waals surface area contributed by atoms with Gasteiger partial charge in [-0.15, -0.1) is 0 Å². The number of H-pyrrole nitrogens is 1. The maximum atomic E-state index is 13.8. The highest BCUT2D eigenvalue weighted by Crippen LogP contribution is 2.34. The van der Waals surface area contributed by atoms with Crippen molar-refractivity contribution in [2.75, 3.05) is 18.9 Å². The number of rotatable bonds is 7. The molecule has 2 N–H and O–H groups in total. The number of aromatic nitrogens is 4. The lowest BCUT2D eigenvalue weighted by atomic mass is 10.1. The van der Waals surface area contributed by atoms with Crippen molar-refractivity contribution in [3.63, 3.8) is 0 Å². The second-order valence-electron chi connectivity index (χ2n) is 9.69. The summed E-state index contributed by atoms with van der Waals surface area (Å²) in [7, 11) is 1.82. The molecule has 0 spiro atoms. The van der Waals surface area contributed by atoms with Gasteiger partial charge in [-0.25, -0.2) is 4.98 Å². The lowest BCUT2D eigenvalue weighted by molar-refractivity contribution is 0.0797. The molecule has 0 bridgehead atoms. The van der Waals surface area contributed by atoms with Crippen molar-refractivity contribution in [3.05, 3.63) is 76.9 Å². The number of likely N-dealkylation sites (N-methyl/N-ethyl adjacent to an activating group) is 1. The SMILES string of the molecule is Cc1n[nH]c(C)c1CCN(C)C(=O)c1cc(NC(=O)c2ccccc2)cc2ncn(C3CCCC3)c12. The molecule has 36 heavy (non-hydrogen) atoms. The van der Waals surface area contributed by atoms with Crippen molar-refractivity contribution in [2.45, 2.75) is 52.0 Å². The summed E-state index contributed by atoms with van der Waals surface area (Å²) >= 11 is 0. The number of aryl methyl sites for hydroxylation is 2. The van der Waals surface area contributed by atoms with Crippen LogP contribution in [0.5, 0.6) is 0 Å². The molecule has 2 heterocycles. The zero-order valence-corrected chi connectivity index (χ0v) is 21.0.